The van der Waals surface area contributed by atoms with Crippen molar-refractivity contribution in [3.8, 4) is 5.88 Å². The number of aromatic nitrogens is 1. The molecule has 0 unspecified atom stereocenters. The van der Waals surface area contributed by atoms with E-state index in [-0.39, 0.29) is 16.7 Å². The highest BCUT2D eigenvalue weighted by molar-refractivity contribution is 6.29. The van der Waals surface area contributed by atoms with E-state index in [9.17, 15) is 10.1 Å². The molecular weight excluding hydrogens is 232 g/mol. The molecule has 5 nitrogen and oxygen atoms in total. The summed E-state index contributed by atoms with van der Waals surface area (Å²) in [4.78, 5) is 13.9. The van der Waals surface area contributed by atoms with Gasteiger partial charge in [0.2, 0.25) is 0 Å². The van der Waals surface area contributed by atoms with Crippen LogP contribution in [0.4, 0.5) is 5.69 Å². The summed E-state index contributed by atoms with van der Waals surface area (Å²) in [5.74, 6) is -0.0567. The van der Waals surface area contributed by atoms with Crippen LogP contribution in [0.15, 0.2) is 24.3 Å². The van der Waals surface area contributed by atoms with Crippen molar-refractivity contribution in [2.75, 3.05) is 6.61 Å². The van der Waals surface area contributed by atoms with Gasteiger partial charge in [-0.05, 0) is 13.0 Å². The molecular formula is C10H11ClN2O3. The highest BCUT2D eigenvalue weighted by Crippen LogP contribution is 2.26. The summed E-state index contributed by atoms with van der Waals surface area (Å²) in [6.07, 6.45) is 0.616. The summed E-state index contributed by atoms with van der Waals surface area (Å²) in [5.41, 5.74) is 0.746. The van der Waals surface area contributed by atoms with E-state index in [1.54, 1.807) is 0 Å². The van der Waals surface area contributed by atoms with Crippen molar-refractivity contribution in [1.29, 1.82) is 0 Å². The largest absolute Gasteiger partial charge is 0.472 e. The van der Waals surface area contributed by atoms with E-state index in [4.69, 9.17) is 16.3 Å². The van der Waals surface area contributed by atoms with Crippen molar-refractivity contribution in [2.45, 2.75) is 13.3 Å². The van der Waals surface area contributed by atoms with E-state index in [2.05, 4.69) is 11.6 Å². The van der Waals surface area contributed by atoms with Crippen LogP contribution in [-0.2, 0) is 0 Å². The molecule has 6 heteroatoms. The van der Waals surface area contributed by atoms with Crippen molar-refractivity contribution in [1.82, 2.24) is 4.98 Å². The van der Waals surface area contributed by atoms with Crippen LogP contribution in [0.3, 0.4) is 0 Å². The molecule has 86 valence electrons. The molecule has 0 saturated carbocycles. The molecule has 0 amide bonds. The first-order chi connectivity index (χ1) is 7.50. The molecule has 0 aliphatic carbocycles. The van der Waals surface area contributed by atoms with E-state index in [0.717, 1.165) is 5.57 Å². The normalized spacial score (nSPS) is 9.88. The van der Waals surface area contributed by atoms with Gasteiger partial charge in [-0.1, -0.05) is 17.2 Å². The summed E-state index contributed by atoms with van der Waals surface area (Å²) < 4.78 is 5.19. The van der Waals surface area contributed by atoms with E-state index in [1.807, 2.05) is 6.92 Å². The molecule has 1 aromatic heterocycles. The molecule has 0 saturated heterocycles. The van der Waals surface area contributed by atoms with Gasteiger partial charge in [0.15, 0.2) is 0 Å². The third-order valence-electron chi connectivity index (χ3n) is 1.77. The van der Waals surface area contributed by atoms with Crippen LogP contribution >= 0.6 is 11.6 Å². The summed E-state index contributed by atoms with van der Waals surface area (Å²) in [6.45, 7) is 5.85. The molecule has 0 fully saturated rings. The Bertz CT molecular complexity index is 421. The van der Waals surface area contributed by atoms with Gasteiger partial charge >= 0.3 is 5.69 Å². The Labute approximate surface area is 97.9 Å². The standard InChI is InChI=1S/C10H11ClN2O3/c1-7(2)5-6-16-10-8(13(14)15)3-4-9(11)12-10/h3-4H,1,5-6H2,2H3. The molecule has 0 bridgehead atoms. The topological polar surface area (TPSA) is 65.3 Å². The van der Waals surface area contributed by atoms with E-state index in [0.29, 0.717) is 13.0 Å². The highest BCUT2D eigenvalue weighted by atomic mass is 35.5. The van der Waals surface area contributed by atoms with Crippen LogP contribution in [0.5, 0.6) is 5.88 Å². The van der Waals surface area contributed by atoms with Gasteiger partial charge < -0.3 is 4.74 Å². The SMILES string of the molecule is C=C(C)CCOc1nc(Cl)ccc1[N+](=O)[O-]. The zero-order valence-electron chi connectivity index (χ0n) is 8.77. The lowest BCUT2D eigenvalue weighted by Gasteiger charge is -2.05. The highest BCUT2D eigenvalue weighted by Gasteiger charge is 2.16. The summed E-state index contributed by atoms with van der Waals surface area (Å²) in [6, 6.07) is 2.62. The smallest absolute Gasteiger partial charge is 0.331 e. The molecule has 0 radical (unpaired) electrons. The first-order valence-corrected chi connectivity index (χ1v) is 4.96. The maximum atomic E-state index is 10.7. The molecule has 0 spiro atoms. The van der Waals surface area contributed by atoms with Crippen LogP contribution in [0, 0.1) is 10.1 Å². The van der Waals surface area contributed by atoms with Crippen LogP contribution in [0.1, 0.15) is 13.3 Å². The Morgan fingerprint density at radius 3 is 2.94 bits per heavy atom. The molecule has 1 rings (SSSR count). The van der Waals surface area contributed by atoms with Gasteiger partial charge in [0.25, 0.3) is 5.88 Å². The lowest BCUT2D eigenvalue weighted by atomic mass is 10.3. The van der Waals surface area contributed by atoms with Crippen LogP contribution in [0.2, 0.25) is 5.15 Å². The minimum atomic E-state index is -0.556. The fourth-order valence-electron chi connectivity index (χ4n) is 0.978. The second-order valence-corrected chi connectivity index (χ2v) is 3.66. The summed E-state index contributed by atoms with van der Waals surface area (Å²) in [7, 11) is 0. The Morgan fingerprint density at radius 1 is 1.69 bits per heavy atom. The van der Waals surface area contributed by atoms with Gasteiger partial charge in [-0.3, -0.25) is 10.1 Å². The minimum Gasteiger partial charge on any atom is -0.472 e. The third-order valence-corrected chi connectivity index (χ3v) is 1.98. The zero-order chi connectivity index (χ0) is 12.1. The maximum Gasteiger partial charge on any atom is 0.331 e. The molecule has 0 aliphatic heterocycles. The third kappa shape index (κ3) is 3.51. The van der Waals surface area contributed by atoms with E-state index in [1.165, 1.54) is 12.1 Å². The molecule has 0 aliphatic rings. The van der Waals surface area contributed by atoms with Gasteiger partial charge in [-0.25, -0.2) is 0 Å². The monoisotopic (exact) mass is 242 g/mol. The van der Waals surface area contributed by atoms with Gasteiger partial charge in [0.1, 0.15) is 5.15 Å². The Morgan fingerprint density at radius 2 is 2.38 bits per heavy atom. The van der Waals surface area contributed by atoms with Gasteiger partial charge in [0, 0.05) is 12.5 Å². The van der Waals surface area contributed by atoms with Crippen molar-refractivity contribution < 1.29 is 9.66 Å². The fourth-order valence-corrected chi connectivity index (χ4v) is 1.12. The molecule has 0 atom stereocenters. The maximum absolute atomic E-state index is 10.7. The minimum absolute atomic E-state index is 0.0567. The number of nitrogens with zero attached hydrogens (tertiary/aromatic N) is 2. The van der Waals surface area contributed by atoms with Crippen molar-refractivity contribution in [3.05, 3.63) is 39.6 Å². The van der Waals surface area contributed by atoms with Gasteiger partial charge in [-0.15, -0.1) is 6.58 Å². The van der Waals surface area contributed by atoms with E-state index < -0.39 is 4.92 Å². The van der Waals surface area contributed by atoms with Crippen molar-refractivity contribution >= 4 is 17.3 Å². The van der Waals surface area contributed by atoms with Crippen LogP contribution in [0.25, 0.3) is 0 Å². The first-order valence-electron chi connectivity index (χ1n) is 4.59. The second-order valence-electron chi connectivity index (χ2n) is 3.27. The second kappa shape index (κ2) is 5.46. The molecule has 0 aromatic carbocycles. The quantitative estimate of drug-likeness (QED) is 0.345. The average Bonchev–Trinajstić information content (AvgIpc) is 2.16. The Balaban J connectivity index is 2.80. The lowest BCUT2D eigenvalue weighted by molar-refractivity contribution is -0.386. The lowest BCUT2D eigenvalue weighted by Crippen LogP contribution is -2.02. The van der Waals surface area contributed by atoms with E-state index >= 15 is 0 Å². The van der Waals surface area contributed by atoms with Gasteiger partial charge in [-0.2, -0.15) is 4.98 Å². The Kier molecular flexibility index (Phi) is 4.25. The molecule has 0 N–H and O–H groups in total. The molecule has 16 heavy (non-hydrogen) atoms. The number of nitro groups is 1. The number of hydrogen-bond donors (Lipinski definition) is 0. The predicted molar refractivity (Wildman–Crippen MR) is 60.8 cm³/mol. The van der Waals surface area contributed by atoms with Crippen molar-refractivity contribution in [3.63, 3.8) is 0 Å². The number of halogens is 1. The fraction of sp³-hybridized carbons (Fsp3) is 0.300. The number of hydrogen-bond acceptors (Lipinski definition) is 4. The van der Waals surface area contributed by atoms with Crippen molar-refractivity contribution in [2.24, 2.45) is 0 Å². The predicted octanol–water partition coefficient (Wildman–Crippen LogP) is 2.99. The zero-order valence-corrected chi connectivity index (χ0v) is 9.53. The Hall–Kier alpha value is -1.62. The first kappa shape index (κ1) is 12.4. The molecule has 1 heterocycles. The number of rotatable bonds is 5. The average molecular weight is 243 g/mol. The molecule has 1 aromatic rings. The van der Waals surface area contributed by atoms with Crippen LogP contribution < -0.4 is 4.74 Å². The number of pyridine rings is 1. The summed E-state index contributed by atoms with van der Waals surface area (Å²) in [5, 5.41) is 10.8. The number of ether oxygens (including phenoxy) is 1. The van der Waals surface area contributed by atoms with Gasteiger partial charge in [0.05, 0.1) is 11.5 Å². The van der Waals surface area contributed by atoms with Crippen LogP contribution in [-0.4, -0.2) is 16.5 Å². The summed E-state index contributed by atoms with van der Waals surface area (Å²) >= 11 is 5.63.